The number of carbonyl (C=O) groups is 2. The van der Waals surface area contributed by atoms with Crippen molar-refractivity contribution in [1.29, 1.82) is 0 Å². The van der Waals surface area contributed by atoms with Gasteiger partial charge >= 0.3 is 5.97 Å². The van der Waals surface area contributed by atoms with Crippen LogP contribution in [-0.2, 0) is 16.0 Å². The summed E-state index contributed by atoms with van der Waals surface area (Å²) in [6, 6.07) is 24.3. The van der Waals surface area contributed by atoms with Gasteiger partial charge in [-0.2, -0.15) is 0 Å². The summed E-state index contributed by atoms with van der Waals surface area (Å²) in [7, 11) is 0. The molecule has 0 bridgehead atoms. The van der Waals surface area contributed by atoms with Crippen molar-refractivity contribution in [1.82, 2.24) is 5.32 Å². The van der Waals surface area contributed by atoms with Gasteiger partial charge < -0.3 is 10.1 Å². The predicted molar refractivity (Wildman–Crippen MR) is 104 cm³/mol. The lowest BCUT2D eigenvalue weighted by atomic mass is 9.99. The predicted octanol–water partition coefficient (Wildman–Crippen LogP) is 4.08. The van der Waals surface area contributed by atoms with Crippen LogP contribution in [0.2, 0.25) is 0 Å². The first-order chi connectivity index (χ1) is 13.6. The largest absolute Gasteiger partial charge is 0.452 e. The van der Waals surface area contributed by atoms with E-state index in [9.17, 15) is 14.0 Å². The van der Waals surface area contributed by atoms with Gasteiger partial charge in [0.2, 0.25) is 0 Å². The van der Waals surface area contributed by atoms with E-state index in [0.717, 1.165) is 17.2 Å². The topological polar surface area (TPSA) is 55.4 Å². The van der Waals surface area contributed by atoms with Crippen LogP contribution in [0.1, 0.15) is 27.5 Å². The zero-order chi connectivity index (χ0) is 19.8. The van der Waals surface area contributed by atoms with Gasteiger partial charge in [0.05, 0.1) is 11.6 Å². The highest BCUT2D eigenvalue weighted by molar-refractivity contribution is 5.91. The molecule has 0 heterocycles. The van der Waals surface area contributed by atoms with Crippen LogP contribution in [0.25, 0.3) is 0 Å². The number of amides is 1. The first-order valence-electron chi connectivity index (χ1n) is 8.93. The summed E-state index contributed by atoms with van der Waals surface area (Å²) in [5.74, 6) is -1.70. The lowest BCUT2D eigenvalue weighted by Gasteiger charge is -2.19. The van der Waals surface area contributed by atoms with Crippen LogP contribution in [0.3, 0.4) is 0 Å². The van der Waals surface area contributed by atoms with E-state index in [2.05, 4.69) is 5.32 Å². The molecule has 1 amide bonds. The summed E-state index contributed by atoms with van der Waals surface area (Å²) in [6.45, 7) is -0.437. The Morgan fingerprint density at radius 2 is 1.57 bits per heavy atom. The van der Waals surface area contributed by atoms with Crippen molar-refractivity contribution in [2.45, 2.75) is 12.5 Å². The third kappa shape index (κ3) is 5.51. The number of rotatable bonds is 7. The normalized spacial score (nSPS) is 11.5. The van der Waals surface area contributed by atoms with Gasteiger partial charge in [-0.1, -0.05) is 66.7 Å². The molecular formula is C23H20FNO3. The Morgan fingerprint density at radius 3 is 2.25 bits per heavy atom. The molecule has 0 spiro atoms. The summed E-state index contributed by atoms with van der Waals surface area (Å²) in [5.41, 5.74) is 2.10. The molecule has 142 valence electrons. The molecule has 0 saturated carbocycles. The molecule has 0 unspecified atom stereocenters. The third-order valence-corrected chi connectivity index (χ3v) is 4.21. The van der Waals surface area contributed by atoms with Crippen LogP contribution in [-0.4, -0.2) is 18.5 Å². The van der Waals surface area contributed by atoms with Gasteiger partial charge in [-0.05, 0) is 35.7 Å². The maximum absolute atomic E-state index is 13.2. The number of hydrogen-bond donors (Lipinski definition) is 1. The lowest BCUT2D eigenvalue weighted by Crippen LogP contribution is -2.33. The van der Waals surface area contributed by atoms with E-state index >= 15 is 0 Å². The monoisotopic (exact) mass is 377 g/mol. The highest BCUT2D eigenvalue weighted by Gasteiger charge is 2.17. The number of esters is 1. The average molecular weight is 377 g/mol. The Morgan fingerprint density at radius 1 is 0.893 bits per heavy atom. The fourth-order valence-electron chi connectivity index (χ4n) is 2.85. The van der Waals surface area contributed by atoms with Crippen molar-refractivity contribution < 1.29 is 18.7 Å². The van der Waals surface area contributed by atoms with E-state index in [0.29, 0.717) is 6.42 Å². The standard InChI is InChI=1S/C23H20FNO3/c24-20-13-7-12-19(15-20)23(27)28-16-22(26)25-21(18-10-5-2-6-11-18)14-17-8-3-1-4-9-17/h1-13,15,21H,14,16H2,(H,25,26)/t21-/m0/s1. The fourth-order valence-corrected chi connectivity index (χ4v) is 2.85. The minimum atomic E-state index is -0.742. The van der Waals surface area contributed by atoms with Crippen LogP contribution in [0, 0.1) is 5.82 Å². The molecule has 0 aliphatic heterocycles. The summed E-state index contributed by atoms with van der Waals surface area (Å²) < 4.78 is 18.2. The lowest BCUT2D eigenvalue weighted by molar-refractivity contribution is -0.125. The Kier molecular flexibility index (Phi) is 6.52. The van der Waals surface area contributed by atoms with Crippen LogP contribution >= 0.6 is 0 Å². The number of hydrogen-bond acceptors (Lipinski definition) is 3. The highest BCUT2D eigenvalue weighted by atomic mass is 19.1. The molecule has 4 nitrogen and oxygen atoms in total. The third-order valence-electron chi connectivity index (χ3n) is 4.21. The van der Waals surface area contributed by atoms with E-state index in [-0.39, 0.29) is 11.6 Å². The number of halogens is 1. The summed E-state index contributed by atoms with van der Waals surface area (Å²) in [5, 5.41) is 2.91. The molecule has 5 heteroatoms. The minimum Gasteiger partial charge on any atom is -0.452 e. The first kappa shape index (κ1) is 19.3. The highest BCUT2D eigenvalue weighted by Crippen LogP contribution is 2.18. The molecule has 0 fully saturated rings. The minimum absolute atomic E-state index is 0.0664. The maximum Gasteiger partial charge on any atom is 0.338 e. The van der Waals surface area contributed by atoms with E-state index in [1.807, 2.05) is 60.7 Å². The SMILES string of the molecule is O=C(COC(=O)c1cccc(F)c1)N[C@@H](Cc1ccccc1)c1ccccc1. The van der Waals surface area contributed by atoms with Gasteiger partial charge in [0.1, 0.15) is 5.82 Å². The second-order valence-corrected chi connectivity index (χ2v) is 6.31. The van der Waals surface area contributed by atoms with Crippen molar-refractivity contribution in [3.63, 3.8) is 0 Å². The second-order valence-electron chi connectivity index (χ2n) is 6.31. The molecular weight excluding hydrogens is 357 g/mol. The smallest absolute Gasteiger partial charge is 0.338 e. The van der Waals surface area contributed by atoms with Gasteiger partial charge in [0.15, 0.2) is 6.61 Å². The van der Waals surface area contributed by atoms with Gasteiger partial charge in [-0.3, -0.25) is 4.79 Å². The average Bonchev–Trinajstić information content (AvgIpc) is 2.73. The molecule has 0 aliphatic carbocycles. The van der Waals surface area contributed by atoms with E-state index in [1.165, 1.54) is 18.2 Å². The molecule has 28 heavy (non-hydrogen) atoms. The summed E-state index contributed by atoms with van der Waals surface area (Å²) in [6.07, 6.45) is 0.606. The van der Waals surface area contributed by atoms with Crippen LogP contribution in [0.4, 0.5) is 4.39 Å². The van der Waals surface area contributed by atoms with Crippen molar-refractivity contribution in [2.24, 2.45) is 0 Å². The van der Waals surface area contributed by atoms with Crippen LogP contribution in [0.5, 0.6) is 0 Å². The number of nitrogens with one attached hydrogen (secondary N) is 1. The van der Waals surface area contributed by atoms with E-state index in [4.69, 9.17) is 4.74 Å². The van der Waals surface area contributed by atoms with Crippen LogP contribution < -0.4 is 5.32 Å². The number of carbonyl (C=O) groups excluding carboxylic acids is 2. The fraction of sp³-hybridized carbons (Fsp3) is 0.130. The zero-order valence-electron chi connectivity index (χ0n) is 15.2. The van der Waals surface area contributed by atoms with Crippen molar-refractivity contribution in [3.05, 3.63) is 107 Å². The zero-order valence-corrected chi connectivity index (χ0v) is 15.2. The number of benzene rings is 3. The summed E-state index contributed by atoms with van der Waals surface area (Å²) in [4.78, 5) is 24.3. The van der Waals surface area contributed by atoms with Crippen molar-refractivity contribution in [2.75, 3.05) is 6.61 Å². The Bertz CT molecular complexity index is 929. The molecule has 0 saturated heterocycles. The molecule has 0 aromatic heterocycles. The number of ether oxygens (including phenoxy) is 1. The van der Waals surface area contributed by atoms with Gasteiger partial charge in [-0.15, -0.1) is 0 Å². The summed E-state index contributed by atoms with van der Waals surface area (Å²) >= 11 is 0. The molecule has 3 aromatic rings. The van der Waals surface area contributed by atoms with Gasteiger partial charge in [-0.25, -0.2) is 9.18 Å². The first-order valence-corrected chi connectivity index (χ1v) is 8.93. The molecule has 0 radical (unpaired) electrons. The van der Waals surface area contributed by atoms with E-state index in [1.54, 1.807) is 0 Å². The Balaban J connectivity index is 1.63. The van der Waals surface area contributed by atoms with Crippen LogP contribution in [0.15, 0.2) is 84.9 Å². The Labute approximate surface area is 163 Å². The van der Waals surface area contributed by atoms with Gasteiger partial charge in [0.25, 0.3) is 5.91 Å². The van der Waals surface area contributed by atoms with Crippen molar-refractivity contribution >= 4 is 11.9 Å². The van der Waals surface area contributed by atoms with Gasteiger partial charge in [0, 0.05) is 0 Å². The quantitative estimate of drug-likeness (QED) is 0.631. The molecule has 0 aliphatic rings. The molecule has 1 atom stereocenters. The maximum atomic E-state index is 13.2. The second kappa shape index (κ2) is 9.46. The molecule has 3 rings (SSSR count). The van der Waals surface area contributed by atoms with Crippen molar-refractivity contribution in [3.8, 4) is 0 Å². The molecule has 3 aromatic carbocycles. The molecule has 1 N–H and O–H groups in total. The Hall–Kier alpha value is -3.47. The van der Waals surface area contributed by atoms with E-state index < -0.39 is 24.3 Å².